The first kappa shape index (κ1) is 12.4. The van der Waals surface area contributed by atoms with Crippen LogP contribution in [0.1, 0.15) is 39.0 Å². The van der Waals surface area contributed by atoms with Gasteiger partial charge in [-0.2, -0.15) is 0 Å². The first-order valence-electron chi connectivity index (χ1n) is 4.10. The van der Waals surface area contributed by atoms with Crippen molar-refractivity contribution in [3.8, 4) is 0 Å². The van der Waals surface area contributed by atoms with E-state index in [1.807, 2.05) is 0 Å². The number of alkyl halides is 3. The molecule has 0 radical (unpaired) electrons. The summed E-state index contributed by atoms with van der Waals surface area (Å²) in [6.07, 6.45) is 6.64. The maximum Gasteiger partial charge on any atom is 0.0822 e. The number of hydrogen-bond donors (Lipinski definition) is 0. The SMILES string of the molecule is CCCCCCC(Br)C(Br)Br. The van der Waals surface area contributed by atoms with Crippen molar-refractivity contribution in [3.05, 3.63) is 0 Å². The van der Waals surface area contributed by atoms with E-state index in [-0.39, 0.29) is 0 Å². The van der Waals surface area contributed by atoms with Crippen LogP contribution in [-0.4, -0.2) is 8.56 Å². The Balaban J connectivity index is 3.10. The fraction of sp³-hybridized carbons (Fsp3) is 1.00. The van der Waals surface area contributed by atoms with E-state index in [1.54, 1.807) is 0 Å². The quantitative estimate of drug-likeness (QED) is 0.475. The summed E-state index contributed by atoms with van der Waals surface area (Å²) in [5.41, 5.74) is 0. The molecule has 0 aliphatic heterocycles. The molecule has 1 atom stereocenters. The van der Waals surface area contributed by atoms with E-state index < -0.39 is 0 Å². The van der Waals surface area contributed by atoms with Crippen LogP contribution in [0.3, 0.4) is 0 Å². The lowest BCUT2D eigenvalue weighted by molar-refractivity contribution is 0.633. The van der Waals surface area contributed by atoms with Gasteiger partial charge in [0.05, 0.1) is 3.74 Å². The predicted molar refractivity (Wildman–Crippen MR) is 63.1 cm³/mol. The Morgan fingerprint density at radius 2 is 1.64 bits per heavy atom. The summed E-state index contributed by atoms with van der Waals surface area (Å²) >= 11 is 10.6. The smallest absolute Gasteiger partial charge is 0.0822 e. The second-order valence-corrected chi connectivity index (χ2v) is 7.08. The van der Waals surface area contributed by atoms with Crippen molar-refractivity contribution in [2.45, 2.75) is 47.6 Å². The summed E-state index contributed by atoms with van der Waals surface area (Å²) in [5, 5.41) is 0. The average molecular weight is 351 g/mol. The van der Waals surface area contributed by atoms with Crippen LogP contribution in [0.5, 0.6) is 0 Å². The van der Waals surface area contributed by atoms with Gasteiger partial charge in [0.2, 0.25) is 0 Å². The van der Waals surface area contributed by atoms with E-state index in [0.29, 0.717) is 8.56 Å². The maximum absolute atomic E-state index is 3.60. The molecule has 0 aromatic rings. The molecule has 0 aliphatic rings. The van der Waals surface area contributed by atoms with Gasteiger partial charge in [-0.15, -0.1) is 0 Å². The largest absolute Gasteiger partial charge is 0.0869 e. The normalized spacial score (nSPS) is 13.9. The van der Waals surface area contributed by atoms with Gasteiger partial charge in [-0.1, -0.05) is 80.4 Å². The second-order valence-electron chi connectivity index (χ2n) is 2.70. The molecule has 0 aromatic heterocycles. The first-order chi connectivity index (χ1) is 5.18. The van der Waals surface area contributed by atoms with Crippen LogP contribution in [-0.2, 0) is 0 Å². The van der Waals surface area contributed by atoms with Gasteiger partial charge in [0, 0.05) is 4.83 Å². The molecule has 0 fully saturated rings. The van der Waals surface area contributed by atoms with Crippen LogP contribution in [0, 0.1) is 0 Å². The first-order valence-corrected chi connectivity index (χ1v) is 6.85. The molecule has 0 nitrogen and oxygen atoms in total. The van der Waals surface area contributed by atoms with E-state index in [0.717, 1.165) is 0 Å². The van der Waals surface area contributed by atoms with Crippen molar-refractivity contribution in [3.63, 3.8) is 0 Å². The van der Waals surface area contributed by atoms with Gasteiger partial charge in [0.25, 0.3) is 0 Å². The molecule has 0 amide bonds. The Hall–Kier alpha value is 1.44. The van der Waals surface area contributed by atoms with E-state index in [9.17, 15) is 0 Å². The zero-order chi connectivity index (χ0) is 8.69. The molecule has 68 valence electrons. The summed E-state index contributed by atoms with van der Waals surface area (Å²) in [7, 11) is 0. The van der Waals surface area contributed by atoms with Gasteiger partial charge >= 0.3 is 0 Å². The van der Waals surface area contributed by atoms with Gasteiger partial charge in [-0.3, -0.25) is 0 Å². The highest BCUT2D eigenvalue weighted by Gasteiger charge is 2.10. The molecule has 0 spiro atoms. The third-order valence-corrected chi connectivity index (χ3v) is 5.29. The topological polar surface area (TPSA) is 0 Å². The number of rotatable bonds is 6. The lowest BCUT2D eigenvalue weighted by atomic mass is 10.1. The molecule has 0 aliphatic carbocycles. The van der Waals surface area contributed by atoms with Crippen LogP contribution in [0.4, 0.5) is 0 Å². The van der Waals surface area contributed by atoms with Crippen molar-refractivity contribution in [2.24, 2.45) is 0 Å². The highest BCUT2D eigenvalue weighted by Crippen LogP contribution is 2.24. The van der Waals surface area contributed by atoms with Crippen molar-refractivity contribution in [2.75, 3.05) is 0 Å². The fourth-order valence-corrected chi connectivity index (χ4v) is 1.74. The number of hydrogen-bond acceptors (Lipinski definition) is 0. The minimum atomic E-state index is 0.414. The fourth-order valence-electron chi connectivity index (χ4n) is 0.892. The molecule has 0 rings (SSSR count). The average Bonchev–Trinajstić information content (AvgIpc) is 1.97. The van der Waals surface area contributed by atoms with Crippen molar-refractivity contribution in [1.29, 1.82) is 0 Å². The zero-order valence-corrected chi connectivity index (χ0v) is 11.6. The monoisotopic (exact) mass is 348 g/mol. The van der Waals surface area contributed by atoms with E-state index in [2.05, 4.69) is 54.7 Å². The summed E-state index contributed by atoms with van der Waals surface area (Å²) in [5.74, 6) is 0. The third-order valence-electron chi connectivity index (χ3n) is 1.61. The Labute approximate surface area is 94.9 Å². The molecular formula is C8H15Br3. The third kappa shape index (κ3) is 7.79. The summed E-state index contributed by atoms with van der Waals surface area (Å²) in [4.78, 5) is 0.569. The summed E-state index contributed by atoms with van der Waals surface area (Å²) < 4.78 is 0.414. The molecule has 0 saturated heterocycles. The molecular weight excluding hydrogens is 336 g/mol. The number of unbranched alkanes of at least 4 members (excludes halogenated alkanes) is 3. The van der Waals surface area contributed by atoms with Gasteiger partial charge in [0.1, 0.15) is 0 Å². The molecule has 0 saturated carbocycles. The molecule has 0 heterocycles. The van der Waals surface area contributed by atoms with Crippen LogP contribution in [0.2, 0.25) is 0 Å². The van der Waals surface area contributed by atoms with Gasteiger partial charge < -0.3 is 0 Å². The minimum absolute atomic E-state index is 0.414. The Morgan fingerprint density at radius 3 is 2.09 bits per heavy atom. The van der Waals surface area contributed by atoms with E-state index >= 15 is 0 Å². The highest BCUT2D eigenvalue weighted by molar-refractivity contribution is 9.25. The summed E-state index contributed by atoms with van der Waals surface area (Å²) in [6, 6.07) is 0. The molecule has 0 bridgehead atoms. The number of halogens is 3. The van der Waals surface area contributed by atoms with Gasteiger partial charge in [-0.05, 0) is 6.42 Å². The standard InChI is InChI=1S/C8H15Br3/c1-2-3-4-5-6-7(9)8(10)11/h7-8H,2-6H2,1H3. The molecule has 11 heavy (non-hydrogen) atoms. The van der Waals surface area contributed by atoms with Crippen molar-refractivity contribution < 1.29 is 0 Å². The lowest BCUT2D eigenvalue weighted by Gasteiger charge is -2.09. The van der Waals surface area contributed by atoms with Crippen molar-refractivity contribution >= 4 is 47.8 Å². The van der Waals surface area contributed by atoms with Gasteiger partial charge in [-0.25, -0.2) is 0 Å². The molecule has 0 N–H and O–H groups in total. The van der Waals surface area contributed by atoms with Gasteiger partial charge in [0.15, 0.2) is 0 Å². The van der Waals surface area contributed by atoms with Crippen LogP contribution >= 0.6 is 47.8 Å². The van der Waals surface area contributed by atoms with Crippen LogP contribution < -0.4 is 0 Å². The Morgan fingerprint density at radius 1 is 1.00 bits per heavy atom. The molecule has 3 heteroatoms. The second kappa shape index (κ2) is 8.06. The molecule has 1 unspecified atom stereocenters. The van der Waals surface area contributed by atoms with Crippen LogP contribution in [0.25, 0.3) is 0 Å². The Bertz CT molecular complexity index is 83.4. The zero-order valence-electron chi connectivity index (χ0n) is 6.82. The van der Waals surface area contributed by atoms with E-state index in [1.165, 1.54) is 32.1 Å². The minimum Gasteiger partial charge on any atom is -0.0869 e. The maximum atomic E-state index is 3.60. The lowest BCUT2D eigenvalue weighted by Crippen LogP contribution is -2.05. The predicted octanol–water partition coefficient (Wildman–Crippen LogP) is 4.84. The van der Waals surface area contributed by atoms with Crippen LogP contribution in [0.15, 0.2) is 0 Å². The van der Waals surface area contributed by atoms with Crippen molar-refractivity contribution in [1.82, 2.24) is 0 Å². The summed E-state index contributed by atoms with van der Waals surface area (Å²) in [6.45, 7) is 2.24. The van der Waals surface area contributed by atoms with E-state index in [4.69, 9.17) is 0 Å². The highest BCUT2D eigenvalue weighted by atomic mass is 79.9. The molecule has 0 aromatic carbocycles. The Kier molecular flexibility index (Phi) is 9.11.